The van der Waals surface area contributed by atoms with E-state index in [0.717, 1.165) is 0 Å². The highest BCUT2D eigenvalue weighted by Gasteiger charge is 2.45. The first kappa shape index (κ1) is 7.09. The molecule has 56 valence electrons. The fourth-order valence-electron chi connectivity index (χ4n) is 0.376. The van der Waals surface area contributed by atoms with Gasteiger partial charge < -0.3 is 5.21 Å². The number of nitrogens with one attached hydrogen (secondary N) is 1. The van der Waals surface area contributed by atoms with E-state index < -0.39 is 17.2 Å². The number of hydrogen-bond donors (Lipinski definition) is 1. The van der Waals surface area contributed by atoms with Crippen molar-refractivity contribution >= 4 is 5.84 Å². The number of alkyl halides is 3. The zero-order valence-corrected chi connectivity index (χ0v) is 4.38. The van der Waals surface area contributed by atoms with E-state index >= 15 is 0 Å². The molecule has 0 aromatic heterocycles. The van der Waals surface area contributed by atoms with Gasteiger partial charge in [-0.15, -0.1) is 0 Å². The number of nitrogens with zero attached hydrogens (tertiary/aromatic N) is 3. The molecule has 0 aliphatic carbocycles. The van der Waals surface area contributed by atoms with Crippen molar-refractivity contribution in [1.82, 2.24) is 0 Å². The Balaban J connectivity index is 2.78. The molecule has 0 radical (unpaired) electrons. The van der Waals surface area contributed by atoms with Gasteiger partial charge >= 0.3 is 12.0 Å². The highest BCUT2D eigenvalue weighted by atomic mass is 19.4. The lowest BCUT2D eigenvalue weighted by atomic mass is 10.6. The largest absolute Gasteiger partial charge is 0.598 e. The lowest BCUT2D eigenvalue weighted by molar-refractivity contribution is -0.763. The van der Waals surface area contributed by atoms with Gasteiger partial charge in [0.2, 0.25) is 0 Å². The Kier molecular flexibility index (Phi) is 1.41. The highest BCUT2D eigenvalue weighted by Crippen LogP contribution is 2.15. The molecule has 1 rings (SSSR count). The van der Waals surface area contributed by atoms with Crippen molar-refractivity contribution in [2.45, 2.75) is 6.18 Å². The summed E-state index contributed by atoms with van der Waals surface area (Å²) in [7, 11) is 0. The molecule has 1 atom stereocenters. The normalized spacial score (nSPS) is 25.2. The fraction of sp³-hybridized carbons (Fsp3) is 0.500. The van der Waals surface area contributed by atoms with E-state index in [1.54, 1.807) is 0 Å². The number of rotatable bonds is 0. The molecule has 0 bridgehead atoms. The van der Waals surface area contributed by atoms with Crippen molar-refractivity contribution < 1.29 is 18.3 Å². The summed E-state index contributed by atoms with van der Waals surface area (Å²) in [5.41, 5.74) is 0. The van der Waals surface area contributed by atoms with Gasteiger partial charge in [-0.1, -0.05) is 5.10 Å². The Morgan fingerprint density at radius 3 is 2.20 bits per heavy atom. The summed E-state index contributed by atoms with van der Waals surface area (Å²) in [6.45, 7) is 0. The maximum Gasteiger partial charge on any atom is 0.491 e. The number of quaternary nitrogens is 1. The van der Waals surface area contributed by atoms with Gasteiger partial charge in [0.15, 0.2) is 0 Å². The van der Waals surface area contributed by atoms with Gasteiger partial charge in [0.05, 0.1) is 5.22 Å². The minimum absolute atomic E-state index is 1.44. The van der Waals surface area contributed by atoms with Gasteiger partial charge in [-0.3, -0.25) is 0 Å². The smallest absolute Gasteiger partial charge is 0.491 e. The monoisotopic (exact) mass is 154 g/mol. The molecular formula is C2HF3N4O. The first-order valence-electron chi connectivity index (χ1n) is 2.12. The average molecular weight is 154 g/mol. The predicted molar refractivity (Wildman–Crippen MR) is 22.7 cm³/mol. The Hall–Kier alpha value is -1.02. The van der Waals surface area contributed by atoms with E-state index in [1.165, 1.54) is 0 Å². The van der Waals surface area contributed by atoms with Crippen LogP contribution in [0.25, 0.3) is 0 Å². The molecule has 0 saturated heterocycles. The van der Waals surface area contributed by atoms with E-state index in [-0.39, 0.29) is 0 Å². The van der Waals surface area contributed by atoms with Crippen molar-refractivity contribution in [3.8, 4) is 0 Å². The van der Waals surface area contributed by atoms with Crippen LogP contribution in [0, 0.1) is 5.21 Å². The number of amidine groups is 1. The van der Waals surface area contributed by atoms with Gasteiger partial charge in [0, 0.05) is 5.22 Å². The Morgan fingerprint density at radius 2 is 2.00 bits per heavy atom. The molecule has 0 saturated carbocycles. The summed E-state index contributed by atoms with van der Waals surface area (Å²) >= 11 is 0. The van der Waals surface area contributed by atoms with Crippen LogP contribution in [0.4, 0.5) is 13.2 Å². The lowest BCUT2D eigenvalue weighted by Gasteiger charge is -2.10. The third-order valence-electron chi connectivity index (χ3n) is 0.751. The van der Waals surface area contributed by atoms with Gasteiger partial charge in [0.1, 0.15) is 0 Å². The van der Waals surface area contributed by atoms with Crippen molar-refractivity contribution in [2.24, 2.45) is 15.5 Å². The van der Waals surface area contributed by atoms with Gasteiger partial charge in [0.25, 0.3) is 0 Å². The molecule has 1 heterocycles. The third-order valence-corrected chi connectivity index (χ3v) is 0.751. The van der Waals surface area contributed by atoms with E-state index in [4.69, 9.17) is 0 Å². The maximum atomic E-state index is 11.5. The minimum atomic E-state index is -4.74. The van der Waals surface area contributed by atoms with Crippen LogP contribution in [-0.4, -0.2) is 12.0 Å². The summed E-state index contributed by atoms with van der Waals surface area (Å²) < 4.78 is 34.6. The second-order valence-electron chi connectivity index (χ2n) is 1.44. The van der Waals surface area contributed by atoms with Crippen LogP contribution in [0.15, 0.2) is 15.5 Å². The maximum absolute atomic E-state index is 11.5. The SMILES string of the molecule is [O-][NH+]1N=NN=C1C(F)(F)F. The minimum Gasteiger partial charge on any atom is -0.598 e. The van der Waals surface area contributed by atoms with Gasteiger partial charge in [-0.2, -0.15) is 18.3 Å². The van der Waals surface area contributed by atoms with Crippen LogP contribution in [0.5, 0.6) is 0 Å². The average Bonchev–Trinajstić information content (AvgIpc) is 2.11. The lowest BCUT2D eigenvalue weighted by Crippen LogP contribution is -3.06. The first-order chi connectivity index (χ1) is 4.52. The molecule has 10 heavy (non-hydrogen) atoms. The zero-order valence-electron chi connectivity index (χ0n) is 4.38. The molecule has 0 spiro atoms. The molecule has 1 unspecified atom stereocenters. The molecule has 8 heteroatoms. The van der Waals surface area contributed by atoms with Crippen molar-refractivity contribution in [3.63, 3.8) is 0 Å². The van der Waals surface area contributed by atoms with E-state index in [1.807, 2.05) is 0 Å². The molecule has 0 aromatic rings. The molecule has 0 fully saturated rings. The number of halogens is 3. The Bertz CT molecular complexity index is 195. The van der Waals surface area contributed by atoms with Crippen molar-refractivity contribution in [1.29, 1.82) is 0 Å². The Labute approximate surface area is 52.4 Å². The molecule has 5 nitrogen and oxygen atoms in total. The molecule has 1 aliphatic rings. The summed E-state index contributed by atoms with van der Waals surface area (Å²) in [5.74, 6) is -1.56. The number of hydroxylamine groups is 1. The van der Waals surface area contributed by atoms with E-state index in [2.05, 4.69) is 15.5 Å². The van der Waals surface area contributed by atoms with Gasteiger partial charge in [-0.05, 0) is 0 Å². The molecule has 0 aromatic carbocycles. The fourth-order valence-corrected chi connectivity index (χ4v) is 0.376. The quantitative estimate of drug-likeness (QED) is 0.475. The predicted octanol–water partition coefficient (Wildman–Crippen LogP) is -0.374. The van der Waals surface area contributed by atoms with Crippen molar-refractivity contribution in [3.05, 3.63) is 5.21 Å². The molecule has 1 N–H and O–H groups in total. The third kappa shape index (κ3) is 1.11. The second kappa shape index (κ2) is 1.99. The van der Waals surface area contributed by atoms with Crippen LogP contribution in [0.3, 0.4) is 0 Å². The summed E-state index contributed by atoms with van der Waals surface area (Å²) in [6, 6.07) is 0. The van der Waals surface area contributed by atoms with E-state index in [9.17, 15) is 18.4 Å². The topological polar surface area (TPSA) is 64.6 Å². The van der Waals surface area contributed by atoms with Gasteiger partial charge in [-0.25, -0.2) is 0 Å². The second-order valence-corrected chi connectivity index (χ2v) is 1.44. The number of hydrogen-bond acceptors (Lipinski definition) is 4. The first-order valence-corrected chi connectivity index (χ1v) is 2.12. The standard InChI is InChI=1S/C2HF3N4O/c3-2(4,5)1-6-7-8-9(1)10/h9H. The Morgan fingerprint density at radius 1 is 1.40 bits per heavy atom. The van der Waals surface area contributed by atoms with Crippen LogP contribution in [-0.2, 0) is 0 Å². The summed E-state index contributed by atoms with van der Waals surface area (Å²) in [5, 5.41) is 16.3. The molecular weight excluding hydrogens is 153 g/mol. The van der Waals surface area contributed by atoms with Crippen LogP contribution in [0.1, 0.15) is 0 Å². The highest BCUT2D eigenvalue weighted by molar-refractivity contribution is 5.79. The summed E-state index contributed by atoms with van der Waals surface area (Å²) in [4.78, 5) is 0. The summed E-state index contributed by atoms with van der Waals surface area (Å²) in [6.07, 6.45) is -4.74. The van der Waals surface area contributed by atoms with Crippen LogP contribution in [0.2, 0.25) is 0 Å². The zero-order chi connectivity index (χ0) is 7.78. The van der Waals surface area contributed by atoms with Crippen molar-refractivity contribution in [2.75, 3.05) is 0 Å². The van der Waals surface area contributed by atoms with Crippen LogP contribution >= 0.6 is 0 Å². The van der Waals surface area contributed by atoms with Crippen LogP contribution < -0.4 is 5.17 Å². The molecule has 0 amide bonds. The van der Waals surface area contributed by atoms with E-state index in [0.29, 0.717) is 0 Å². The molecule has 1 aliphatic heterocycles.